The number of aryl methyl sites for hydroxylation is 1. The van der Waals surface area contributed by atoms with Crippen molar-refractivity contribution in [3.05, 3.63) is 78.4 Å². The van der Waals surface area contributed by atoms with Gasteiger partial charge in [0.15, 0.2) is 0 Å². The van der Waals surface area contributed by atoms with E-state index >= 15 is 0 Å². The first kappa shape index (κ1) is 21.3. The van der Waals surface area contributed by atoms with Crippen LogP contribution in [0.3, 0.4) is 0 Å². The molecule has 3 aromatic rings. The molecule has 0 bridgehead atoms. The van der Waals surface area contributed by atoms with Crippen molar-refractivity contribution in [2.45, 2.75) is 33.1 Å². The molecule has 0 fully saturated rings. The molecule has 0 aliphatic heterocycles. The lowest BCUT2D eigenvalue weighted by molar-refractivity contribution is -0.130. The van der Waals surface area contributed by atoms with Crippen LogP contribution in [0.4, 0.5) is 0 Å². The Morgan fingerprint density at radius 1 is 0.900 bits per heavy atom. The number of rotatable bonds is 8. The van der Waals surface area contributed by atoms with Crippen LogP contribution in [0.25, 0.3) is 21.5 Å². The van der Waals surface area contributed by atoms with Crippen LogP contribution in [0, 0.1) is 5.41 Å². The van der Waals surface area contributed by atoms with Gasteiger partial charge in [0, 0.05) is 11.1 Å². The van der Waals surface area contributed by atoms with Crippen molar-refractivity contribution in [2.75, 3.05) is 6.61 Å². The number of carbonyl (C=O) groups excluding carboxylic acids is 1. The van der Waals surface area contributed by atoms with Crippen molar-refractivity contribution in [2.24, 2.45) is 0 Å². The average molecular weight is 402 g/mol. The Bertz CT molecular complexity index is 1140. The highest BCUT2D eigenvalue weighted by atomic mass is 16.5. The van der Waals surface area contributed by atoms with Gasteiger partial charge in [0.1, 0.15) is 5.75 Å². The normalized spacial score (nSPS) is 10.7. The molecule has 1 N–H and O–H groups in total. The van der Waals surface area contributed by atoms with E-state index in [0.29, 0.717) is 23.5 Å². The SMILES string of the molecule is C=C(C)C(=N)OCCCCc1ccc2c(ccc3cc(OC(=O)C(=C)C)ccc32)c1. The van der Waals surface area contributed by atoms with Crippen LogP contribution in [0.2, 0.25) is 0 Å². The topological polar surface area (TPSA) is 59.4 Å². The summed E-state index contributed by atoms with van der Waals surface area (Å²) in [7, 11) is 0. The fourth-order valence-corrected chi connectivity index (χ4v) is 3.24. The van der Waals surface area contributed by atoms with Gasteiger partial charge in [0.2, 0.25) is 5.90 Å². The van der Waals surface area contributed by atoms with E-state index in [1.807, 2.05) is 18.2 Å². The Hall–Kier alpha value is -3.40. The largest absolute Gasteiger partial charge is 0.478 e. The maximum absolute atomic E-state index is 11.7. The zero-order chi connectivity index (χ0) is 21.7. The van der Waals surface area contributed by atoms with Crippen LogP contribution in [-0.2, 0) is 16.0 Å². The van der Waals surface area contributed by atoms with Gasteiger partial charge in [-0.2, -0.15) is 0 Å². The number of esters is 1. The summed E-state index contributed by atoms with van der Waals surface area (Å²) in [6.45, 7) is 11.3. The van der Waals surface area contributed by atoms with Crippen LogP contribution in [0.15, 0.2) is 72.8 Å². The molecule has 0 spiro atoms. The number of ether oxygens (including phenoxy) is 2. The minimum absolute atomic E-state index is 0.171. The number of nitrogens with one attached hydrogen (secondary N) is 1. The van der Waals surface area contributed by atoms with Gasteiger partial charge >= 0.3 is 5.97 Å². The molecule has 0 radical (unpaired) electrons. The van der Waals surface area contributed by atoms with E-state index in [9.17, 15) is 4.79 Å². The minimum atomic E-state index is -0.415. The summed E-state index contributed by atoms with van der Waals surface area (Å²) in [5, 5.41) is 12.1. The predicted octanol–water partition coefficient (Wildman–Crippen LogP) is 6.37. The molecule has 4 nitrogen and oxygen atoms in total. The number of benzene rings is 3. The van der Waals surface area contributed by atoms with Gasteiger partial charge in [-0.05, 0) is 72.4 Å². The molecule has 0 heterocycles. The Labute approximate surface area is 177 Å². The van der Waals surface area contributed by atoms with Crippen molar-refractivity contribution in [1.82, 2.24) is 0 Å². The molecule has 0 amide bonds. The molecule has 0 aliphatic rings. The van der Waals surface area contributed by atoms with Crippen molar-refractivity contribution in [3.8, 4) is 5.75 Å². The predicted molar refractivity (Wildman–Crippen MR) is 123 cm³/mol. The van der Waals surface area contributed by atoms with Gasteiger partial charge in [-0.25, -0.2) is 4.79 Å². The summed E-state index contributed by atoms with van der Waals surface area (Å²) in [6.07, 6.45) is 2.87. The lowest BCUT2D eigenvalue weighted by Crippen LogP contribution is -2.07. The van der Waals surface area contributed by atoms with E-state index in [-0.39, 0.29) is 5.90 Å². The van der Waals surface area contributed by atoms with Crippen LogP contribution in [0.1, 0.15) is 32.3 Å². The van der Waals surface area contributed by atoms with E-state index in [1.54, 1.807) is 13.8 Å². The number of fused-ring (bicyclic) bond motifs is 3. The fraction of sp³-hybridized carbons (Fsp3) is 0.231. The van der Waals surface area contributed by atoms with Gasteiger partial charge in [-0.15, -0.1) is 0 Å². The number of hydrogen-bond acceptors (Lipinski definition) is 4. The first-order valence-electron chi connectivity index (χ1n) is 10.1. The van der Waals surface area contributed by atoms with Crippen molar-refractivity contribution in [1.29, 1.82) is 5.41 Å². The van der Waals surface area contributed by atoms with Crippen molar-refractivity contribution < 1.29 is 14.3 Å². The maximum atomic E-state index is 11.7. The Balaban J connectivity index is 1.68. The molecular formula is C26H27NO3. The highest BCUT2D eigenvalue weighted by Crippen LogP contribution is 2.29. The molecule has 0 aromatic heterocycles. The number of carbonyl (C=O) groups is 1. The second-order valence-electron chi connectivity index (χ2n) is 7.59. The molecule has 0 saturated heterocycles. The van der Waals surface area contributed by atoms with Crippen LogP contribution < -0.4 is 4.74 Å². The lowest BCUT2D eigenvalue weighted by atomic mass is 9.98. The summed E-state index contributed by atoms with van der Waals surface area (Å²) in [6, 6.07) is 16.4. The second kappa shape index (κ2) is 9.40. The third-order valence-corrected chi connectivity index (χ3v) is 4.92. The molecule has 30 heavy (non-hydrogen) atoms. The zero-order valence-corrected chi connectivity index (χ0v) is 17.6. The first-order valence-corrected chi connectivity index (χ1v) is 10.1. The molecule has 154 valence electrons. The zero-order valence-electron chi connectivity index (χ0n) is 17.6. The summed E-state index contributed by atoms with van der Waals surface area (Å²) in [4.78, 5) is 11.7. The second-order valence-corrected chi connectivity index (χ2v) is 7.59. The van der Waals surface area contributed by atoms with Crippen LogP contribution in [0.5, 0.6) is 5.75 Å². The van der Waals surface area contributed by atoms with Crippen molar-refractivity contribution >= 4 is 33.4 Å². The van der Waals surface area contributed by atoms with Gasteiger partial charge in [-0.1, -0.05) is 49.6 Å². The van der Waals surface area contributed by atoms with E-state index in [2.05, 4.69) is 43.5 Å². The summed E-state index contributed by atoms with van der Waals surface area (Å²) >= 11 is 0. The molecule has 4 heteroatoms. The molecule has 0 atom stereocenters. The summed E-state index contributed by atoms with van der Waals surface area (Å²) in [5.41, 5.74) is 2.31. The smallest absolute Gasteiger partial charge is 0.338 e. The van der Waals surface area contributed by atoms with Gasteiger partial charge < -0.3 is 9.47 Å². The minimum Gasteiger partial charge on any atom is -0.478 e. The molecule has 3 aromatic carbocycles. The van der Waals surface area contributed by atoms with Gasteiger partial charge in [-0.3, -0.25) is 5.41 Å². The van der Waals surface area contributed by atoms with Crippen LogP contribution >= 0.6 is 0 Å². The average Bonchev–Trinajstić information content (AvgIpc) is 2.72. The van der Waals surface area contributed by atoms with Gasteiger partial charge in [0.25, 0.3) is 0 Å². The monoisotopic (exact) mass is 401 g/mol. The molecule has 0 unspecified atom stereocenters. The number of hydrogen-bond donors (Lipinski definition) is 1. The fourth-order valence-electron chi connectivity index (χ4n) is 3.24. The van der Waals surface area contributed by atoms with Crippen LogP contribution in [-0.4, -0.2) is 18.5 Å². The lowest BCUT2D eigenvalue weighted by Gasteiger charge is -2.10. The molecule has 0 saturated carbocycles. The Morgan fingerprint density at radius 3 is 2.23 bits per heavy atom. The highest BCUT2D eigenvalue weighted by molar-refractivity contribution is 6.08. The summed E-state index contributed by atoms with van der Waals surface area (Å²) < 4.78 is 10.7. The third kappa shape index (κ3) is 5.15. The molecule has 0 aliphatic carbocycles. The number of unbranched alkanes of at least 4 members (excludes halogenated alkanes) is 1. The summed E-state index contributed by atoms with van der Waals surface area (Å²) in [5.74, 6) is 0.278. The first-order chi connectivity index (χ1) is 14.3. The van der Waals surface area contributed by atoms with Gasteiger partial charge in [0.05, 0.1) is 6.61 Å². The molecule has 3 rings (SSSR count). The Morgan fingerprint density at radius 2 is 1.57 bits per heavy atom. The van der Waals surface area contributed by atoms with Crippen molar-refractivity contribution in [3.63, 3.8) is 0 Å². The maximum Gasteiger partial charge on any atom is 0.338 e. The highest BCUT2D eigenvalue weighted by Gasteiger charge is 2.08. The van der Waals surface area contributed by atoms with E-state index in [1.165, 1.54) is 16.3 Å². The van der Waals surface area contributed by atoms with E-state index in [0.717, 1.165) is 30.0 Å². The standard InChI is InChI=1S/C26H27NO3/c1-17(2)25(27)29-14-6-5-7-19-8-12-23-20(15-19)9-10-21-16-22(11-13-24(21)23)30-26(28)18(3)4/h8-13,15-16,27H,1,3,5-7,14H2,2,4H3. The van der Waals surface area contributed by atoms with E-state index < -0.39 is 5.97 Å². The third-order valence-electron chi connectivity index (χ3n) is 4.92. The van der Waals surface area contributed by atoms with E-state index in [4.69, 9.17) is 14.9 Å². The Kier molecular flexibility index (Phi) is 6.68. The quantitative estimate of drug-likeness (QED) is 0.0908. The molecular weight excluding hydrogens is 374 g/mol.